The van der Waals surface area contributed by atoms with Gasteiger partial charge in [0.1, 0.15) is 0 Å². The maximum Gasteiger partial charge on any atom is 0.279 e. The molecule has 1 N–H and O–H groups in total. The minimum Gasteiger partial charge on any atom is -0.202 e. The van der Waals surface area contributed by atoms with E-state index in [2.05, 4.69) is 4.72 Å². The zero-order chi connectivity index (χ0) is 10.9. The van der Waals surface area contributed by atoms with Gasteiger partial charge in [0.05, 0.1) is 0 Å². The van der Waals surface area contributed by atoms with Crippen LogP contribution in [0.4, 0.5) is 0 Å². The molecule has 0 amide bonds. The van der Waals surface area contributed by atoms with E-state index in [1.807, 2.05) is 0 Å². The van der Waals surface area contributed by atoms with Crippen LogP contribution in [0.15, 0.2) is 0 Å². The van der Waals surface area contributed by atoms with E-state index in [9.17, 15) is 8.42 Å². The summed E-state index contributed by atoms with van der Waals surface area (Å²) in [6, 6.07) is 0. The first kappa shape index (κ1) is 11.6. The van der Waals surface area contributed by atoms with Crippen molar-refractivity contribution in [2.75, 3.05) is 19.6 Å². The van der Waals surface area contributed by atoms with Gasteiger partial charge in [-0.25, -0.2) is 4.72 Å². The van der Waals surface area contributed by atoms with Gasteiger partial charge in [-0.05, 0) is 31.6 Å². The Hall–Kier alpha value is 0.160. The van der Waals surface area contributed by atoms with Gasteiger partial charge in [-0.2, -0.15) is 12.7 Å². The number of halogens is 1. The molecule has 6 heteroatoms. The molecular formula is C9H17ClN2O2S. The van der Waals surface area contributed by atoms with Gasteiger partial charge >= 0.3 is 0 Å². The zero-order valence-corrected chi connectivity index (χ0v) is 10.2. The van der Waals surface area contributed by atoms with E-state index in [1.165, 1.54) is 4.31 Å². The average Bonchev–Trinajstić information content (AvgIpc) is 2.63. The summed E-state index contributed by atoms with van der Waals surface area (Å²) in [4.78, 5) is 0. The molecule has 0 aromatic carbocycles. The molecule has 2 aliphatic rings. The number of rotatable bonds is 4. The summed E-state index contributed by atoms with van der Waals surface area (Å²) < 4.78 is 27.7. The van der Waals surface area contributed by atoms with Crippen LogP contribution in [-0.2, 0) is 10.2 Å². The number of nitrogens with one attached hydrogen (secondary N) is 1. The average molecular weight is 253 g/mol. The molecule has 1 saturated carbocycles. The number of hydrogen-bond acceptors (Lipinski definition) is 2. The van der Waals surface area contributed by atoms with Crippen LogP contribution in [0.1, 0.15) is 25.7 Å². The maximum atomic E-state index is 11.7. The van der Waals surface area contributed by atoms with E-state index in [0.29, 0.717) is 25.6 Å². The molecule has 0 atom stereocenters. The van der Waals surface area contributed by atoms with Crippen molar-refractivity contribution in [1.82, 2.24) is 9.03 Å². The summed E-state index contributed by atoms with van der Waals surface area (Å²) in [6.45, 7) is 1.87. The quantitative estimate of drug-likeness (QED) is 0.757. The van der Waals surface area contributed by atoms with E-state index in [-0.39, 0.29) is 5.38 Å². The smallest absolute Gasteiger partial charge is 0.202 e. The Labute approximate surface area is 96.2 Å². The predicted octanol–water partition coefficient (Wildman–Crippen LogP) is 0.934. The first-order chi connectivity index (χ1) is 7.08. The molecule has 1 heterocycles. The van der Waals surface area contributed by atoms with Crippen molar-refractivity contribution in [2.24, 2.45) is 5.92 Å². The fourth-order valence-corrected chi connectivity index (χ4v) is 3.94. The van der Waals surface area contributed by atoms with Gasteiger partial charge < -0.3 is 0 Å². The molecule has 0 bridgehead atoms. The van der Waals surface area contributed by atoms with Crippen molar-refractivity contribution in [1.29, 1.82) is 0 Å². The van der Waals surface area contributed by atoms with E-state index in [4.69, 9.17) is 11.6 Å². The topological polar surface area (TPSA) is 49.4 Å². The molecule has 0 aromatic heterocycles. The fourth-order valence-electron chi connectivity index (χ4n) is 2.06. The Balaban J connectivity index is 1.77. The normalized spacial score (nSPS) is 32.9. The van der Waals surface area contributed by atoms with E-state index >= 15 is 0 Å². The summed E-state index contributed by atoms with van der Waals surface area (Å²) in [6.07, 6.45) is 3.83. The van der Waals surface area contributed by atoms with Crippen molar-refractivity contribution in [3.8, 4) is 0 Å². The third-order valence-corrected chi connectivity index (χ3v) is 5.07. The SMILES string of the molecule is O=S(=O)(NCC1CC(Cl)C1)N1CCCC1. The third kappa shape index (κ3) is 2.84. The van der Waals surface area contributed by atoms with E-state index in [0.717, 1.165) is 25.7 Å². The number of hydrogen-bond donors (Lipinski definition) is 1. The van der Waals surface area contributed by atoms with Crippen LogP contribution in [-0.4, -0.2) is 37.7 Å². The molecule has 2 fully saturated rings. The highest BCUT2D eigenvalue weighted by Gasteiger charge is 2.30. The molecule has 4 nitrogen and oxygen atoms in total. The summed E-state index contributed by atoms with van der Waals surface area (Å²) in [5.74, 6) is 0.435. The molecule has 0 unspecified atom stereocenters. The molecule has 0 aromatic rings. The highest BCUT2D eigenvalue weighted by atomic mass is 35.5. The molecule has 2 rings (SSSR count). The first-order valence-corrected chi connectivity index (χ1v) is 7.34. The Morgan fingerprint density at radius 1 is 1.27 bits per heavy atom. The second kappa shape index (κ2) is 4.57. The maximum absolute atomic E-state index is 11.7. The zero-order valence-electron chi connectivity index (χ0n) is 8.65. The summed E-state index contributed by atoms with van der Waals surface area (Å²) in [7, 11) is -3.21. The molecule has 1 saturated heterocycles. The van der Waals surface area contributed by atoms with Crippen molar-refractivity contribution >= 4 is 21.8 Å². The van der Waals surface area contributed by atoms with Gasteiger partial charge in [0.2, 0.25) is 0 Å². The Morgan fingerprint density at radius 2 is 1.87 bits per heavy atom. The van der Waals surface area contributed by atoms with Crippen LogP contribution in [0.3, 0.4) is 0 Å². The van der Waals surface area contributed by atoms with Crippen molar-refractivity contribution in [3.05, 3.63) is 0 Å². The van der Waals surface area contributed by atoms with Crippen LogP contribution in [0, 0.1) is 5.92 Å². The van der Waals surface area contributed by atoms with Gasteiger partial charge in [-0.1, -0.05) is 0 Å². The molecule has 1 aliphatic carbocycles. The molecule has 15 heavy (non-hydrogen) atoms. The third-order valence-electron chi connectivity index (χ3n) is 3.14. The number of nitrogens with zero attached hydrogens (tertiary/aromatic N) is 1. The van der Waals surface area contributed by atoms with Gasteiger partial charge in [-0.15, -0.1) is 11.6 Å². The van der Waals surface area contributed by atoms with Gasteiger partial charge in [0.15, 0.2) is 0 Å². The molecular weight excluding hydrogens is 236 g/mol. The van der Waals surface area contributed by atoms with Crippen molar-refractivity contribution in [3.63, 3.8) is 0 Å². The van der Waals surface area contributed by atoms with Crippen LogP contribution in [0.5, 0.6) is 0 Å². The second-order valence-corrected chi connectivity index (χ2v) is 6.77. The first-order valence-electron chi connectivity index (χ1n) is 5.47. The molecule has 0 radical (unpaired) electrons. The summed E-state index contributed by atoms with van der Waals surface area (Å²) in [5, 5.41) is 0.256. The minimum atomic E-state index is -3.21. The second-order valence-electron chi connectivity index (χ2n) is 4.39. The molecule has 88 valence electrons. The molecule has 1 aliphatic heterocycles. The monoisotopic (exact) mass is 252 g/mol. The predicted molar refractivity (Wildman–Crippen MR) is 60.1 cm³/mol. The lowest BCUT2D eigenvalue weighted by Crippen LogP contribution is -2.43. The van der Waals surface area contributed by atoms with E-state index in [1.54, 1.807) is 0 Å². The minimum absolute atomic E-state index is 0.256. The molecule has 0 spiro atoms. The van der Waals surface area contributed by atoms with Crippen molar-refractivity contribution < 1.29 is 8.42 Å². The Bertz CT molecular complexity index is 308. The lowest BCUT2D eigenvalue weighted by atomic mass is 9.85. The van der Waals surface area contributed by atoms with Crippen LogP contribution >= 0.6 is 11.6 Å². The van der Waals surface area contributed by atoms with E-state index < -0.39 is 10.2 Å². The van der Waals surface area contributed by atoms with Gasteiger partial charge in [0, 0.05) is 25.0 Å². The lowest BCUT2D eigenvalue weighted by Gasteiger charge is -2.31. The highest BCUT2D eigenvalue weighted by Crippen LogP contribution is 2.31. The standard InChI is InChI=1S/C9H17ClN2O2S/c10-9-5-8(6-9)7-11-15(13,14)12-3-1-2-4-12/h8-9,11H,1-7H2. The number of alkyl halides is 1. The Kier molecular flexibility index (Phi) is 3.55. The van der Waals surface area contributed by atoms with Crippen LogP contribution < -0.4 is 4.72 Å². The summed E-state index contributed by atoms with van der Waals surface area (Å²) >= 11 is 5.83. The highest BCUT2D eigenvalue weighted by molar-refractivity contribution is 7.87. The Morgan fingerprint density at radius 3 is 2.40 bits per heavy atom. The lowest BCUT2D eigenvalue weighted by molar-refractivity contribution is 0.320. The van der Waals surface area contributed by atoms with Gasteiger partial charge in [0.25, 0.3) is 10.2 Å². The van der Waals surface area contributed by atoms with Gasteiger partial charge in [-0.3, -0.25) is 0 Å². The van der Waals surface area contributed by atoms with Crippen LogP contribution in [0.2, 0.25) is 0 Å². The van der Waals surface area contributed by atoms with Crippen molar-refractivity contribution in [2.45, 2.75) is 31.1 Å². The fraction of sp³-hybridized carbons (Fsp3) is 1.00. The largest absolute Gasteiger partial charge is 0.279 e. The van der Waals surface area contributed by atoms with Crippen LogP contribution in [0.25, 0.3) is 0 Å². The summed E-state index contributed by atoms with van der Waals surface area (Å²) in [5.41, 5.74) is 0.